The van der Waals surface area contributed by atoms with Gasteiger partial charge in [0.05, 0.1) is 6.54 Å². The second kappa shape index (κ2) is 5.98. The van der Waals surface area contributed by atoms with Crippen molar-refractivity contribution in [1.29, 1.82) is 0 Å². The van der Waals surface area contributed by atoms with Gasteiger partial charge in [-0.05, 0) is 23.5 Å². The third kappa shape index (κ3) is 3.31. The minimum atomic E-state index is -4.12. The molecule has 7 heteroatoms. The number of nitrogens with zero attached hydrogens (tertiary/aromatic N) is 2. The van der Waals surface area contributed by atoms with Crippen molar-refractivity contribution in [1.82, 2.24) is 4.98 Å². The van der Waals surface area contributed by atoms with E-state index in [2.05, 4.69) is 15.4 Å². The molecule has 0 aliphatic heterocycles. The first kappa shape index (κ1) is 14.4. The molecule has 0 fully saturated rings. The van der Waals surface area contributed by atoms with Crippen LogP contribution in [0.1, 0.15) is 5.56 Å². The third-order valence-electron chi connectivity index (χ3n) is 2.60. The van der Waals surface area contributed by atoms with Gasteiger partial charge in [0.1, 0.15) is 10.7 Å². The van der Waals surface area contributed by atoms with Crippen molar-refractivity contribution in [3.8, 4) is 0 Å². The second-order valence-electron chi connectivity index (χ2n) is 4.12. The molecular weight excluding hydrogens is 281 g/mol. The molecule has 1 aromatic carbocycles. The minimum absolute atomic E-state index is 0.0226. The van der Waals surface area contributed by atoms with Gasteiger partial charge < -0.3 is 15.4 Å². The molecule has 2 aromatic rings. The average Bonchev–Trinajstić information content (AvgIpc) is 2.42. The van der Waals surface area contributed by atoms with E-state index in [1.165, 1.54) is 18.3 Å². The van der Waals surface area contributed by atoms with Crippen LogP contribution in [0, 0.1) is 5.82 Å². The molecule has 0 saturated carbocycles. The van der Waals surface area contributed by atoms with E-state index in [0.717, 1.165) is 6.07 Å². The number of benzene rings is 1. The minimum Gasteiger partial charge on any atom is -0.442 e. The smallest absolute Gasteiger partial charge is 0.205 e. The van der Waals surface area contributed by atoms with Gasteiger partial charge in [-0.3, -0.25) is 0 Å². The van der Waals surface area contributed by atoms with Gasteiger partial charge in [-0.2, -0.15) is 0 Å². The molecule has 5 nitrogen and oxygen atoms in total. The summed E-state index contributed by atoms with van der Waals surface area (Å²) in [5.41, 5.74) is 4.39. The first-order valence-corrected chi connectivity index (χ1v) is 7.43. The second-order valence-corrected chi connectivity index (χ2v) is 5.70. The SMILES string of the molecule is [NH3+]CCc1ccc(F)c(S(=O)(=O)[N-]c2ccccn2)c1. The molecule has 0 saturated heterocycles. The van der Waals surface area contributed by atoms with E-state index in [1.54, 1.807) is 18.2 Å². The van der Waals surface area contributed by atoms with E-state index in [9.17, 15) is 12.8 Å². The van der Waals surface area contributed by atoms with Crippen molar-refractivity contribution in [3.63, 3.8) is 0 Å². The maximum absolute atomic E-state index is 13.7. The number of quaternary nitrogens is 1. The molecule has 1 aromatic heterocycles. The molecule has 20 heavy (non-hydrogen) atoms. The Kier molecular flexibility index (Phi) is 4.31. The van der Waals surface area contributed by atoms with Crippen molar-refractivity contribution in [3.05, 3.63) is 58.7 Å². The van der Waals surface area contributed by atoms with Crippen molar-refractivity contribution in [2.45, 2.75) is 11.3 Å². The van der Waals surface area contributed by atoms with Crippen LogP contribution in [-0.2, 0) is 16.4 Å². The van der Waals surface area contributed by atoms with Crippen molar-refractivity contribution >= 4 is 15.8 Å². The van der Waals surface area contributed by atoms with Crippen LogP contribution in [0.5, 0.6) is 0 Å². The van der Waals surface area contributed by atoms with Crippen LogP contribution in [0.25, 0.3) is 4.72 Å². The van der Waals surface area contributed by atoms with Crippen LogP contribution in [-0.4, -0.2) is 19.9 Å². The van der Waals surface area contributed by atoms with Crippen LogP contribution < -0.4 is 5.73 Å². The van der Waals surface area contributed by atoms with Gasteiger partial charge in [0.25, 0.3) is 0 Å². The normalized spacial score (nSPS) is 11.3. The largest absolute Gasteiger partial charge is 0.442 e. The van der Waals surface area contributed by atoms with E-state index < -0.39 is 20.7 Å². The van der Waals surface area contributed by atoms with Crippen molar-refractivity contribution < 1.29 is 18.5 Å². The lowest BCUT2D eigenvalue weighted by molar-refractivity contribution is -0.366. The van der Waals surface area contributed by atoms with E-state index >= 15 is 0 Å². The molecule has 0 aliphatic rings. The monoisotopic (exact) mass is 295 g/mol. The van der Waals surface area contributed by atoms with Gasteiger partial charge in [0, 0.05) is 6.42 Å². The first-order valence-electron chi connectivity index (χ1n) is 5.99. The zero-order chi connectivity index (χ0) is 14.6. The summed E-state index contributed by atoms with van der Waals surface area (Å²) in [5, 5.41) is 0. The van der Waals surface area contributed by atoms with E-state index in [-0.39, 0.29) is 5.82 Å². The van der Waals surface area contributed by atoms with Crippen LogP contribution in [0.4, 0.5) is 10.2 Å². The molecule has 0 amide bonds. The molecule has 3 N–H and O–H groups in total. The zero-order valence-electron chi connectivity index (χ0n) is 10.7. The average molecular weight is 295 g/mol. The van der Waals surface area contributed by atoms with Crippen LogP contribution in [0.15, 0.2) is 47.5 Å². The standard InChI is InChI=1S/C13H13FN3O2S/c14-11-5-4-10(6-7-15)9-12(11)20(18,19)17-13-3-1-2-8-16-13/h1-5,8-9H,6-7,15H2/q-1/p+1. The summed E-state index contributed by atoms with van der Waals surface area (Å²) in [7, 11) is -4.12. The highest BCUT2D eigenvalue weighted by molar-refractivity contribution is 7.94. The molecule has 2 rings (SSSR count). The van der Waals surface area contributed by atoms with Crippen LogP contribution in [0.2, 0.25) is 0 Å². The highest BCUT2D eigenvalue weighted by atomic mass is 32.2. The topological polar surface area (TPSA) is 88.8 Å². The lowest BCUT2D eigenvalue weighted by Gasteiger charge is -2.15. The quantitative estimate of drug-likeness (QED) is 0.904. The maximum atomic E-state index is 13.7. The number of hydrogen-bond donors (Lipinski definition) is 1. The van der Waals surface area contributed by atoms with Crippen LogP contribution >= 0.6 is 0 Å². The highest BCUT2D eigenvalue weighted by Crippen LogP contribution is 2.27. The van der Waals surface area contributed by atoms with Gasteiger partial charge in [-0.15, -0.1) is 0 Å². The Morgan fingerprint density at radius 1 is 1.25 bits per heavy atom. The Morgan fingerprint density at radius 3 is 2.70 bits per heavy atom. The molecule has 0 radical (unpaired) electrons. The van der Waals surface area contributed by atoms with Crippen LogP contribution in [0.3, 0.4) is 0 Å². The van der Waals surface area contributed by atoms with E-state index in [0.29, 0.717) is 18.5 Å². The molecule has 0 bridgehead atoms. The number of rotatable bonds is 5. The van der Waals surface area contributed by atoms with Crippen molar-refractivity contribution in [2.75, 3.05) is 6.54 Å². The Bertz CT molecular complexity index is 690. The lowest BCUT2D eigenvalue weighted by atomic mass is 10.1. The van der Waals surface area contributed by atoms with E-state index in [1.807, 2.05) is 0 Å². The third-order valence-corrected chi connectivity index (χ3v) is 3.90. The summed E-state index contributed by atoms with van der Waals surface area (Å²) in [6.07, 6.45) is 2.00. The van der Waals surface area contributed by atoms with Gasteiger partial charge in [0.2, 0.25) is 10.0 Å². The Hall–Kier alpha value is -1.99. The van der Waals surface area contributed by atoms with E-state index in [4.69, 9.17) is 0 Å². The molecule has 0 spiro atoms. The molecular formula is C13H14FN3O2S. The Morgan fingerprint density at radius 2 is 2.05 bits per heavy atom. The summed E-state index contributed by atoms with van der Waals surface area (Å²) in [6, 6.07) is 8.65. The summed E-state index contributed by atoms with van der Waals surface area (Å²) >= 11 is 0. The van der Waals surface area contributed by atoms with Gasteiger partial charge >= 0.3 is 0 Å². The van der Waals surface area contributed by atoms with Gasteiger partial charge in [0.15, 0.2) is 0 Å². The number of pyridine rings is 1. The molecule has 0 unspecified atom stereocenters. The summed E-state index contributed by atoms with van der Waals surface area (Å²) in [4.78, 5) is 3.36. The van der Waals surface area contributed by atoms with Crippen molar-refractivity contribution in [2.24, 2.45) is 0 Å². The highest BCUT2D eigenvalue weighted by Gasteiger charge is 2.16. The number of hydrogen-bond acceptors (Lipinski definition) is 3. The molecule has 0 atom stereocenters. The molecule has 1 heterocycles. The fourth-order valence-electron chi connectivity index (χ4n) is 1.69. The Balaban J connectivity index is 2.36. The van der Waals surface area contributed by atoms with Gasteiger partial charge in [-0.25, -0.2) is 12.8 Å². The number of halogens is 1. The molecule has 0 aliphatic carbocycles. The predicted octanol–water partition coefficient (Wildman–Crippen LogP) is 1.40. The lowest BCUT2D eigenvalue weighted by Crippen LogP contribution is -2.51. The summed E-state index contributed by atoms with van der Waals surface area (Å²) < 4.78 is 41.5. The number of sulfonamides is 1. The zero-order valence-corrected chi connectivity index (χ0v) is 11.5. The fourth-order valence-corrected chi connectivity index (χ4v) is 2.75. The Labute approximate surface area is 116 Å². The fraction of sp³-hybridized carbons (Fsp3) is 0.154. The van der Waals surface area contributed by atoms with Gasteiger partial charge in [-0.1, -0.05) is 30.5 Å². The first-order chi connectivity index (χ1) is 9.53. The summed E-state index contributed by atoms with van der Waals surface area (Å²) in [6.45, 7) is 0.600. The maximum Gasteiger partial charge on any atom is 0.205 e. The molecule has 106 valence electrons. The number of aromatic nitrogens is 1. The predicted molar refractivity (Wildman–Crippen MR) is 72.3 cm³/mol. The summed E-state index contributed by atoms with van der Waals surface area (Å²) in [5.74, 6) is -0.799.